The van der Waals surface area contributed by atoms with Gasteiger partial charge in [-0.2, -0.15) is 0 Å². The largest absolute Gasteiger partial charge is 0.507 e. The van der Waals surface area contributed by atoms with Crippen LogP contribution in [-0.2, 0) is 4.79 Å². The molecule has 5 rings (SSSR count). The second-order valence-electron chi connectivity index (χ2n) is 7.91. The number of halogens is 3. The van der Waals surface area contributed by atoms with Crippen LogP contribution in [0.2, 0.25) is 10.0 Å². The van der Waals surface area contributed by atoms with Gasteiger partial charge in [-0.15, -0.1) is 0 Å². The summed E-state index contributed by atoms with van der Waals surface area (Å²) in [6, 6.07) is 4.74. The number of anilines is 2. The molecular weight excluding hydrogens is 474 g/mol. The Hall–Kier alpha value is -3.30. The SMILES string of the molecule is CN1C(=O)[C@H]2CN(C(=O)O)CCN2c2c1cnc1cc(-c3c(O)cccc3F)c(Cl)c(Cl)c21. The number of nitrogens with zero attached hydrogens (tertiary/aromatic N) is 4. The Morgan fingerprint density at radius 2 is 2.00 bits per heavy atom. The maximum absolute atomic E-state index is 14.6. The number of hydrogen-bond donors (Lipinski definition) is 2. The van der Waals surface area contributed by atoms with Crippen molar-refractivity contribution < 1.29 is 24.2 Å². The average Bonchev–Trinajstić information content (AvgIpc) is 2.79. The highest BCUT2D eigenvalue weighted by molar-refractivity contribution is 6.48. The number of aromatic hydroxyl groups is 1. The number of pyridine rings is 1. The van der Waals surface area contributed by atoms with Gasteiger partial charge >= 0.3 is 6.09 Å². The van der Waals surface area contributed by atoms with Crippen molar-refractivity contribution >= 4 is 57.5 Å². The number of hydrogen-bond acceptors (Lipinski definition) is 5. The van der Waals surface area contributed by atoms with Crippen LogP contribution in [0, 0.1) is 5.82 Å². The van der Waals surface area contributed by atoms with E-state index in [0.29, 0.717) is 22.3 Å². The van der Waals surface area contributed by atoms with E-state index in [4.69, 9.17) is 23.2 Å². The fourth-order valence-corrected chi connectivity index (χ4v) is 5.07. The first kappa shape index (κ1) is 21.5. The van der Waals surface area contributed by atoms with Crippen LogP contribution in [0.25, 0.3) is 22.0 Å². The first-order chi connectivity index (χ1) is 15.7. The zero-order valence-electron chi connectivity index (χ0n) is 17.2. The zero-order chi connectivity index (χ0) is 23.6. The number of rotatable bonds is 1. The van der Waals surface area contributed by atoms with Crippen molar-refractivity contribution in [1.29, 1.82) is 0 Å². The van der Waals surface area contributed by atoms with Gasteiger partial charge in [-0.25, -0.2) is 9.18 Å². The number of amides is 2. The van der Waals surface area contributed by atoms with Gasteiger partial charge in [0.25, 0.3) is 5.91 Å². The average molecular weight is 491 g/mol. The molecule has 8 nitrogen and oxygen atoms in total. The molecule has 0 aliphatic carbocycles. The molecule has 11 heteroatoms. The van der Waals surface area contributed by atoms with Crippen molar-refractivity contribution in [1.82, 2.24) is 9.88 Å². The highest BCUT2D eigenvalue weighted by atomic mass is 35.5. The lowest BCUT2D eigenvalue weighted by Gasteiger charge is -2.47. The number of phenolic OH excluding ortho intramolecular Hbond substituents is 1. The molecule has 0 spiro atoms. The second-order valence-corrected chi connectivity index (χ2v) is 8.66. The third-order valence-electron chi connectivity index (χ3n) is 6.17. The van der Waals surface area contributed by atoms with E-state index < -0.39 is 18.0 Å². The van der Waals surface area contributed by atoms with Gasteiger partial charge in [0.15, 0.2) is 0 Å². The van der Waals surface area contributed by atoms with E-state index in [9.17, 15) is 24.2 Å². The molecule has 0 bridgehead atoms. The molecule has 2 amide bonds. The molecule has 33 heavy (non-hydrogen) atoms. The second kappa shape index (κ2) is 7.64. The van der Waals surface area contributed by atoms with Crippen molar-refractivity contribution in [3.8, 4) is 16.9 Å². The minimum Gasteiger partial charge on any atom is -0.507 e. The van der Waals surface area contributed by atoms with Crippen molar-refractivity contribution in [3.63, 3.8) is 0 Å². The van der Waals surface area contributed by atoms with Crippen LogP contribution in [-0.4, -0.2) is 64.8 Å². The molecule has 170 valence electrons. The molecule has 2 aliphatic heterocycles. The molecule has 2 aliphatic rings. The Labute approximate surface area is 197 Å². The smallest absolute Gasteiger partial charge is 0.407 e. The Balaban J connectivity index is 1.75. The summed E-state index contributed by atoms with van der Waals surface area (Å²) in [7, 11) is 1.59. The van der Waals surface area contributed by atoms with E-state index in [-0.39, 0.29) is 52.5 Å². The molecule has 0 radical (unpaired) electrons. The van der Waals surface area contributed by atoms with Gasteiger partial charge in [0.1, 0.15) is 17.6 Å². The van der Waals surface area contributed by atoms with Gasteiger partial charge < -0.3 is 24.9 Å². The Morgan fingerprint density at radius 1 is 1.24 bits per heavy atom. The van der Waals surface area contributed by atoms with Crippen molar-refractivity contribution in [2.45, 2.75) is 6.04 Å². The van der Waals surface area contributed by atoms with Crippen LogP contribution in [0.5, 0.6) is 5.75 Å². The number of benzene rings is 2. The van der Waals surface area contributed by atoms with Crippen LogP contribution in [0.15, 0.2) is 30.5 Å². The number of carbonyl (C=O) groups excluding carboxylic acids is 1. The summed E-state index contributed by atoms with van der Waals surface area (Å²) >= 11 is 13.3. The third kappa shape index (κ3) is 3.14. The lowest BCUT2D eigenvalue weighted by molar-refractivity contribution is -0.120. The summed E-state index contributed by atoms with van der Waals surface area (Å²) in [6.45, 7) is 0.485. The van der Waals surface area contributed by atoms with E-state index in [1.54, 1.807) is 13.1 Å². The standard InChI is InChI=1S/C22H17Cl2FN4O4/c1-27-13-8-26-12-7-10(16-11(25)3-2-4-15(16)30)18(23)19(24)17(12)20(13)29-6-5-28(22(32)33)9-14(29)21(27)31/h2-4,7-8,14,30H,5-6,9H2,1H3,(H,32,33)/t14-/m1/s1. The summed E-state index contributed by atoms with van der Waals surface area (Å²) in [6.07, 6.45) is 0.427. The molecule has 1 saturated heterocycles. The van der Waals surface area contributed by atoms with E-state index >= 15 is 0 Å². The normalized spacial score (nSPS) is 17.9. The number of piperazine rings is 1. The number of carboxylic acid groups (broad SMARTS) is 1. The van der Waals surface area contributed by atoms with Gasteiger partial charge in [0.2, 0.25) is 0 Å². The quantitative estimate of drug-likeness (QED) is 0.530. The van der Waals surface area contributed by atoms with Gasteiger partial charge in [-0.05, 0) is 18.2 Å². The van der Waals surface area contributed by atoms with Gasteiger partial charge in [0, 0.05) is 31.1 Å². The maximum atomic E-state index is 14.6. The lowest BCUT2D eigenvalue weighted by atomic mass is 9.98. The molecule has 0 saturated carbocycles. The van der Waals surface area contributed by atoms with Crippen LogP contribution in [0.4, 0.5) is 20.6 Å². The van der Waals surface area contributed by atoms with Crippen LogP contribution in [0.1, 0.15) is 0 Å². The number of fused-ring (bicyclic) bond motifs is 5. The summed E-state index contributed by atoms with van der Waals surface area (Å²) in [5, 5.41) is 20.2. The number of aromatic nitrogens is 1. The topological polar surface area (TPSA) is 97.2 Å². The first-order valence-electron chi connectivity index (χ1n) is 10.0. The summed E-state index contributed by atoms with van der Waals surface area (Å²) in [5.41, 5.74) is 1.60. The summed E-state index contributed by atoms with van der Waals surface area (Å²) in [4.78, 5) is 33.4. The molecule has 1 aromatic heterocycles. The predicted molar refractivity (Wildman–Crippen MR) is 123 cm³/mol. The molecule has 1 atom stereocenters. The first-order valence-corrected chi connectivity index (χ1v) is 10.8. The number of likely N-dealkylation sites (N-methyl/N-ethyl adjacent to an activating group) is 1. The number of carbonyl (C=O) groups is 2. The monoisotopic (exact) mass is 490 g/mol. The van der Waals surface area contributed by atoms with Crippen molar-refractivity contribution in [2.75, 3.05) is 36.5 Å². The fourth-order valence-electron chi connectivity index (χ4n) is 4.54. The van der Waals surface area contributed by atoms with Crippen LogP contribution in [0.3, 0.4) is 0 Å². The van der Waals surface area contributed by atoms with Crippen LogP contribution >= 0.6 is 23.2 Å². The number of phenols is 1. The molecule has 2 N–H and O–H groups in total. The van der Waals surface area contributed by atoms with E-state index in [2.05, 4.69) is 4.98 Å². The Bertz CT molecular complexity index is 1330. The van der Waals surface area contributed by atoms with Gasteiger partial charge in [-0.3, -0.25) is 9.78 Å². The summed E-state index contributed by atoms with van der Waals surface area (Å²) in [5.74, 6) is -1.22. The minimum absolute atomic E-state index is 0.00823. The minimum atomic E-state index is -1.09. The van der Waals surface area contributed by atoms with Gasteiger partial charge in [-0.1, -0.05) is 29.3 Å². The molecule has 3 aromatic rings. The predicted octanol–water partition coefficient (Wildman–Crippen LogP) is 4.20. The Kier molecular flexibility index (Phi) is 4.98. The van der Waals surface area contributed by atoms with Crippen molar-refractivity contribution in [2.24, 2.45) is 0 Å². The molecule has 0 unspecified atom stereocenters. The third-order valence-corrected chi connectivity index (χ3v) is 7.03. The van der Waals surface area contributed by atoms with Crippen LogP contribution < -0.4 is 9.80 Å². The zero-order valence-corrected chi connectivity index (χ0v) is 18.7. The molecule has 2 aromatic carbocycles. The fraction of sp³-hybridized carbons (Fsp3) is 0.227. The highest BCUT2D eigenvalue weighted by Crippen LogP contribution is 2.49. The van der Waals surface area contributed by atoms with Crippen molar-refractivity contribution in [3.05, 3.63) is 46.3 Å². The summed E-state index contributed by atoms with van der Waals surface area (Å²) < 4.78 is 14.6. The highest BCUT2D eigenvalue weighted by Gasteiger charge is 2.43. The van der Waals surface area contributed by atoms with E-state index in [1.807, 2.05) is 4.90 Å². The molecule has 1 fully saturated rings. The van der Waals surface area contributed by atoms with E-state index in [0.717, 1.165) is 0 Å². The van der Waals surface area contributed by atoms with Gasteiger partial charge in [0.05, 0.1) is 45.2 Å². The lowest BCUT2D eigenvalue weighted by Crippen LogP contribution is -2.62. The maximum Gasteiger partial charge on any atom is 0.407 e. The molecule has 3 heterocycles. The Morgan fingerprint density at radius 3 is 2.70 bits per heavy atom. The van der Waals surface area contributed by atoms with E-state index in [1.165, 1.54) is 34.2 Å². The molecular formula is C22H17Cl2FN4O4.